The number of nitrogens with one attached hydrogen (secondary N) is 1. The van der Waals surface area contributed by atoms with Crippen LogP contribution in [0.25, 0.3) is 22.2 Å². The molecule has 0 bridgehead atoms. The first-order valence-corrected chi connectivity index (χ1v) is 11.5. The molecule has 0 saturated heterocycles. The summed E-state index contributed by atoms with van der Waals surface area (Å²) in [5.41, 5.74) is 4.15. The van der Waals surface area contributed by atoms with Gasteiger partial charge in [-0.1, -0.05) is 52.3 Å². The highest BCUT2D eigenvalue weighted by Crippen LogP contribution is 2.36. The van der Waals surface area contributed by atoms with E-state index in [2.05, 4.69) is 57.5 Å². The monoisotopic (exact) mass is 438 g/mol. The summed E-state index contributed by atoms with van der Waals surface area (Å²) in [6.45, 7) is 8.39. The standard InChI is InChI=1S/C23H28N4OS.C2H6/c1-6-16(2)10-11-21(24-3)29-26-20-12-13-25-23-22(20)19(15-27(23)4)17-8-7-9-18(14-17)28-5;1-2/h7-16H,6H2,1-5H3,(H,25,26);1-2H3/b11-10-,24-21?;. The largest absolute Gasteiger partial charge is 0.497 e. The lowest BCUT2D eigenvalue weighted by Gasteiger charge is -2.09. The first kappa shape index (κ1) is 24.5. The molecule has 1 aromatic carbocycles. The zero-order valence-electron chi connectivity index (χ0n) is 19.6. The molecule has 0 saturated carbocycles. The maximum atomic E-state index is 5.41. The van der Waals surface area contributed by atoms with Gasteiger partial charge in [-0.2, -0.15) is 0 Å². The summed E-state index contributed by atoms with van der Waals surface area (Å²) in [6.07, 6.45) is 9.34. The molecule has 0 aliphatic heterocycles. The number of fused-ring (bicyclic) bond motifs is 1. The highest BCUT2D eigenvalue weighted by atomic mass is 32.2. The summed E-state index contributed by atoms with van der Waals surface area (Å²) in [5, 5.41) is 2.02. The number of aromatic nitrogens is 2. The first-order valence-electron chi connectivity index (χ1n) is 10.7. The van der Waals surface area contributed by atoms with Crippen molar-refractivity contribution in [3.8, 4) is 16.9 Å². The van der Waals surface area contributed by atoms with Gasteiger partial charge in [-0.25, -0.2) is 4.98 Å². The number of rotatable bonds is 7. The Balaban J connectivity index is 0.00000166. The maximum Gasteiger partial charge on any atom is 0.142 e. The van der Waals surface area contributed by atoms with Crippen LogP contribution in [-0.2, 0) is 7.05 Å². The molecular weight excluding hydrogens is 404 g/mol. The number of hydrogen-bond acceptors (Lipinski definition) is 5. The number of ether oxygens (including phenoxy) is 1. The summed E-state index contributed by atoms with van der Waals surface area (Å²) in [4.78, 5) is 8.98. The molecule has 0 aliphatic rings. The van der Waals surface area contributed by atoms with Crippen molar-refractivity contribution < 1.29 is 4.74 Å². The van der Waals surface area contributed by atoms with E-state index in [1.807, 2.05) is 58.4 Å². The number of methoxy groups -OCH3 is 1. The SMILES string of the molecule is CC.CCC(C)/C=C\C(=NC)SNc1ccnc2c1c(-c1cccc(OC)c1)cn2C. The van der Waals surface area contributed by atoms with Gasteiger partial charge in [0.25, 0.3) is 0 Å². The maximum absolute atomic E-state index is 5.41. The van der Waals surface area contributed by atoms with Gasteiger partial charge < -0.3 is 14.0 Å². The average Bonchev–Trinajstić information content (AvgIpc) is 3.17. The molecule has 31 heavy (non-hydrogen) atoms. The van der Waals surface area contributed by atoms with Gasteiger partial charge in [0.05, 0.1) is 18.2 Å². The lowest BCUT2D eigenvalue weighted by molar-refractivity contribution is 0.415. The molecule has 0 aliphatic carbocycles. The van der Waals surface area contributed by atoms with Crippen LogP contribution >= 0.6 is 11.9 Å². The molecule has 0 spiro atoms. The van der Waals surface area contributed by atoms with E-state index < -0.39 is 0 Å². The zero-order valence-corrected chi connectivity index (χ0v) is 20.5. The van der Waals surface area contributed by atoms with Crippen LogP contribution < -0.4 is 9.46 Å². The number of benzene rings is 1. The van der Waals surface area contributed by atoms with Crippen molar-refractivity contribution in [2.45, 2.75) is 34.1 Å². The number of aliphatic imine (C=N–C) groups is 1. The predicted molar refractivity (Wildman–Crippen MR) is 137 cm³/mol. The Morgan fingerprint density at radius 2 is 2.10 bits per heavy atom. The molecule has 2 aromatic heterocycles. The van der Waals surface area contributed by atoms with Crippen molar-refractivity contribution in [2.24, 2.45) is 18.0 Å². The fourth-order valence-corrected chi connectivity index (χ4v) is 3.66. The molecular formula is C25H34N4OS. The molecule has 3 aromatic rings. The molecule has 0 amide bonds. The molecule has 0 fully saturated rings. The third-order valence-electron chi connectivity index (χ3n) is 4.94. The van der Waals surface area contributed by atoms with Gasteiger partial charge in [0.1, 0.15) is 16.4 Å². The van der Waals surface area contributed by atoms with Crippen LogP contribution in [0.2, 0.25) is 0 Å². The van der Waals surface area contributed by atoms with E-state index in [0.29, 0.717) is 5.92 Å². The first-order chi connectivity index (χ1) is 15.1. The van der Waals surface area contributed by atoms with Crippen LogP contribution in [0.15, 0.2) is 59.9 Å². The van der Waals surface area contributed by atoms with E-state index in [-0.39, 0.29) is 0 Å². The second kappa shape index (κ2) is 12.2. The fourth-order valence-electron chi connectivity index (χ4n) is 3.04. The Kier molecular flexibility index (Phi) is 9.66. The molecule has 5 nitrogen and oxygen atoms in total. The summed E-state index contributed by atoms with van der Waals surface area (Å²) in [6, 6.07) is 10.1. The van der Waals surface area contributed by atoms with Gasteiger partial charge in [0.2, 0.25) is 0 Å². The minimum atomic E-state index is 0.536. The minimum Gasteiger partial charge on any atom is -0.497 e. The van der Waals surface area contributed by atoms with E-state index in [4.69, 9.17) is 4.74 Å². The van der Waals surface area contributed by atoms with E-state index in [9.17, 15) is 0 Å². The quantitative estimate of drug-likeness (QED) is 0.246. The smallest absolute Gasteiger partial charge is 0.142 e. The summed E-state index contributed by atoms with van der Waals surface area (Å²) in [5.74, 6) is 1.37. The molecule has 1 N–H and O–H groups in total. The van der Waals surface area contributed by atoms with Gasteiger partial charge >= 0.3 is 0 Å². The second-order valence-electron chi connectivity index (χ2n) is 6.95. The highest BCUT2D eigenvalue weighted by molar-refractivity contribution is 8.15. The van der Waals surface area contributed by atoms with Crippen LogP contribution in [0.4, 0.5) is 5.69 Å². The molecule has 3 rings (SSSR count). The third-order valence-corrected chi connectivity index (χ3v) is 5.78. The van der Waals surface area contributed by atoms with Crippen molar-refractivity contribution in [3.63, 3.8) is 0 Å². The van der Waals surface area contributed by atoms with Crippen molar-refractivity contribution >= 4 is 33.7 Å². The Bertz CT molecular complexity index is 1040. The summed E-state index contributed by atoms with van der Waals surface area (Å²) in [7, 11) is 5.52. The van der Waals surface area contributed by atoms with E-state index in [1.54, 1.807) is 7.11 Å². The van der Waals surface area contributed by atoms with E-state index in [1.165, 1.54) is 11.9 Å². The molecule has 2 heterocycles. The highest BCUT2D eigenvalue weighted by Gasteiger charge is 2.14. The number of aryl methyl sites for hydroxylation is 1. The van der Waals surface area contributed by atoms with Crippen LogP contribution in [0, 0.1) is 5.92 Å². The van der Waals surface area contributed by atoms with Gasteiger partial charge in [-0.3, -0.25) is 4.99 Å². The molecule has 1 unspecified atom stereocenters. The van der Waals surface area contributed by atoms with Gasteiger partial charge in [0.15, 0.2) is 0 Å². The molecule has 6 heteroatoms. The average molecular weight is 439 g/mol. The Labute approximate surface area is 190 Å². The molecule has 0 radical (unpaired) electrons. The number of allylic oxidation sites excluding steroid dienone is 1. The van der Waals surface area contributed by atoms with Gasteiger partial charge in [-0.15, -0.1) is 0 Å². The van der Waals surface area contributed by atoms with Crippen LogP contribution in [0.1, 0.15) is 34.1 Å². The predicted octanol–water partition coefficient (Wildman–Crippen LogP) is 6.97. The number of hydrogen-bond donors (Lipinski definition) is 1. The van der Waals surface area contributed by atoms with Crippen molar-refractivity contribution in [1.29, 1.82) is 0 Å². The van der Waals surface area contributed by atoms with Crippen LogP contribution in [0.5, 0.6) is 5.75 Å². The van der Waals surface area contributed by atoms with Crippen LogP contribution in [-0.4, -0.2) is 28.8 Å². The molecule has 166 valence electrons. The van der Waals surface area contributed by atoms with Crippen molar-refractivity contribution in [2.75, 3.05) is 18.9 Å². The summed E-state index contributed by atoms with van der Waals surface area (Å²) >= 11 is 1.51. The van der Waals surface area contributed by atoms with Crippen molar-refractivity contribution in [3.05, 3.63) is 54.9 Å². The normalized spacial score (nSPS) is 12.5. The Hall–Kier alpha value is -2.73. The number of pyridine rings is 1. The summed E-state index contributed by atoms with van der Waals surface area (Å²) < 4.78 is 10.9. The van der Waals surface area contributed by atoms with Crippen LogP contribution in [0.3, 0.4) is 0 Å². The molecule has 1 atom stereocenters. The Morgan fingerprint density at radius 3 is 2.77 bits per heavy atom. The Morgan fingerprint density at radius 1 is 1.32 bits per heavy atom. The number of nitrogens with zero attached hydrogens (tertiary/aromatic N) is 3. The second-order valence-corrected chi connectivity index (χ2v) is 7.78. The lowest BCUT2D eigenvalue weighted by Crippen LogP contribution is -1.97. The number of anilines is 1. The fraction of sp³-hybridized carbons (Fsp3) is 0.360. The minimum absolute atomic E-state index is 0.536. The third kappa shape index (κ3) is 6.14. The topological polar surface area (TPSA) is 51.4 Å². The van der Waals surface area contributed by atoms with E-state index in [0.717, 1.165) is 45.1 Å². The lowest BCUT2D eigenvalue weighted by atomic mass is 10.0. The van der Waals surface area contributed by atoms with Gasteiger partial charge in [0, 0.05) is 44.0 Å². The van der Waals surface area contributed by atoms with Crippen molar-refractivity contribution in [1.82, 2.24) is 9.55 Å². The van der Waals surface area contributed by atoms with Gasteiger partial charge in [-0.05, 0) is 35.8 Å². The zero-order chi connectivity index (χ0) is 22.8. The van der Waals surface area contributed by atoms with E-state index >= 15 is 0 Å².